The fourth-order valence-electron chi connectivity index (χ4n) is 2.56. The molecule has 1 aliphatic rings. The number of hydrogen-bond donors (Lipinski definition) is 1. The third-order valence-electron chi connectivity index (χ3n) is 4.10. The summed E-state index contributed by atoms with van der Waals surface area (Å²) in [6.45, 7) is 4.78. The van der Waals surface area contributed by atoms with Crippen molar-refractivity contribution in [3.05, 3.63) is 29.6 Å². The molecule has 0 spiro atoms. The molecular formula is C15H22FNO. The lowest BCUT2D eigenvalue weighted by Gasteiger charge is -2.32. The van der Waals surface area contributed by atoms with Gasteiger partial charge in [-0.05, 0) is 37.2 Å². The van der Waals surface area contributed by atoms with Crippen LogP contribution >= 0.6 is 0 Å². The molecule has 2 nitrogen and oxygen atoms in total. The minimum atomic E-state index is -0.271. The summed E-state index contributed by atoms with van der Waals surface area (Å²) in [5.41, 5.74) is 5.97. The Labute approximate surface area is 108 Å². The van der Waals surface area contributed by atoms with Crippen molar-refractivity contribution in [2.75, 3.05) is 0 Å². The van der Waals surface area contributed by atoms with Gasteiger partial charge in [-0.3, -0.25) is 0 Å². The summed E-state index contributed by atoms with van der Waals surface area (Å²) in [5.74, 6) is 1.79. The predicted molar refractivity (Wildman–Crippen MR) is 70.9 cm³/mol. The van der Waals surface area contributed by atoms with E-state index in [2.05, 4.69) is 13.8 Å². The molecule has 2 N–H and O–H groups in total. The Bertz CT molecular complexity index is 407. The zero-order chi connectivity index (χ0) is 13.1. The van der Waals surface area contributed by atoms with Crippen molar-refractivity contribution in [3.63, 3.8) is 0 Å². The van der Waals surface area contributed by atoms with Gasteiger partial charge in [0.25, 0.3) is 0 Å². The molecule has 100 valence electrons. The first-order valence-electron chi connectivity index (χ1n) is 6.75. The molecule has 0 heterocycles. The Morgan fingerprint density at radius 2 is 2.06 bits per heavy atom. The van der Waals surface area contributed by atoms with Crippen LogP contribution in [0.15, 0.2) is 18.2 Å². The zero-order valence-corrected chi connectivity index (χ0v) is 11.2. The van der Waals surface area contributed by atoms with Crippen LogP contribution in [0.4, 0.5) is 4.39 Å². The molecule has 1 saturated carbocycles. The smallest absolute Gasteiger partial charge is 0.131 e. The van der Waals surface area contributed by atoms with E-state index in [-0.39, 0.29) is 18.5 Å². The lowest BCUT2D eigenvalue weighted by Crippen LogP contribution is -2.28. The molecule has 1 aromatic carbocycles. The molecule has 1 aliphatic carbocycles. The van der Waals surface area contributed by atoms with E-state index >= 15 is 0 Å². The third-order valence-corrected chi connectivity index (χ3v) is 4.10. The molecule has 0 aliphatic heterocycles. The lowest BCUT2D eigenvalue weighted by molar-refractivity contribution is 0.100. The van der Waals surface area contributed by atoms with Gasteiger partial charge in [0.15, 0.2) is 0 Å². The van der Waals surface area contributed by atoms with Crippen LogP contribution in [0.1, 0.15) is 38.7 Å². The maximum atomic E-state index is 13.6. The monoisotopic (exact) mass is 251 g/mol. The Hall–Kier alpha value is -1.09. The molecule has 3 unspecified atom stereocenters. The normalized spacial score (nSPS) is 28.1. The number of rotatable bonds is 3. The second-order valence-electron chi connectivity index (χ2n) is 5.46. The maximum Gasteiger partial charge on any atom is 0.131 e. The molecule has 0 amide bonds. The Balaban J connectivity index is 1.99. The van der Waals surface area contributed by atoms with E-state index < -0.39 is 0 Å². The number of nitrogens with two attached hydrogens (primary N) is 1. The van der Waals surface area contributed by atoms with Crippen LogP contribution in [-0.4, -0.2) is 6.10 Å². The molecule has 0 aromatic heterocycles. The number of benzene rings is 1. The van der Waals surface area contributed by atoms with Crippen LogP contribution in [0.5, 0.6) is 5.75 Å². The zero-order valence-electron chi connectivity index (χ0n) is 11.2. The highest BCUT2D eigenvalue weighted by Crippen LogP contribution is 2.32. The quantitative estimate of drug-likeness (QED) is 0.892. The van der Waals surface area contributed by atoms with Gasteiger partial charge in [0, 0.05) is 18.2 Å². The first-order chi connectivity index (χ1) is 8.60. The average molecular weight is 251 g/mol. The second-order valence-corrected chi connectivity index (χ2v) is 5.46. The van der Waals surface area contributed by atoms with Crippen LogP contribution in [-0.2, 0) is 6.54 Å². The minimum Gasteiger partial charge on any atom is -0.490 e. The summed E-state index contributed by atoms with van der Waals surface area (Å²) in [6, 6.07) is 4.97. The molecule has 18 heavy (non-hydrogen) atoms. The van der Waals surface area contributed by atoms with Gasteiger partial charge in [0.2, 0.25) is 0 Å². The van der Waals surface area contributed by atoms with Gasteiger partial charge in [-0.1, -0.05) is 19.9 Å². The Morgan fingerprint density at radius 1 is 1.28 bits per heavy atom. The van der Waals surface area contributed by atoms with Crippen molar-refractivity contribution in [1.29, 1.82) is 0 Å². The van der Waals surface area contributed by atoms with Crippen molar-refractivity contribution >= 4 is 0 Å². The van der Waals surface area contributed by atoms with Crippen molar-refractivity contribution in [1.82, 2.24) is 0 Å². The largest absolute Gasteiger partial charge is 0.490 e. The molecule has 1 aromatic rings. The van der Waals surface area contributed by atoms with Crippen LogP contribution < -0.4 is 10.5 Å². The van der Waals surface area contributed by atoms with Gasteiger partial charge < -0.3 is 10.5 Å². The highest BCUT2D eigenvalue weighted by atomic mass is 19.1. The second kappa shape index (κ2) is 5.70. The maximum absolute atomic E-state index is 13.6. The molecule has 0 saturated heterocycles. The number of halogens is 1. The van der Waals surface area contributed by atoms with Gasteiger partial charge in [-0.2, -0.15) is 0 Å². The summed E-state index contributed by atoms with van der Waals surface area (Å²) in [6.07, 6.45) is 3.53. The molecule has 3 heteroatoms. The van der Waals surface area contributed by atoms with Gasteiger partial charge in [-0.25, -0.2) is 4.39 Å². The SMILES string of the molecule is CC1CCC(Oc2ccc(CN)c(F)c2)CC1C. The van der Waals surface area contributed by atoms with E-state index in [0.717, 1.165) is 18.8 Å². The van der Waals surface area contributed by atoms with E-state index in [4.69, 9.17) is 10.5 Å². The van der Waals surface area contributed by atoms with Crippen molar-refractivity contribution < 1.29 is 9.13 Å². The average Bonchev–Trinajstić information content (AvgIpc) is 2.34. The first-order valence-corrected chi connectivity index (χ1v) is 6.75. The highest BCUT2D eigenvalue weighted by molar-refractivity contribution is 5.29. The van der Waals surface area contributed by atoms with Crippen LogP contribution in [0.3, 0.4) is 0 Å². The van der Waals surface area contributed by atoms with Crippen LogP contribution in [0, 0.1) is 17.7 Å². The standard InChI is InChI=1S/C15H22FNO/c1-10-3-5-13(7-11(10)2)18-14-6-4-12(9-17)15(16)8-14/h4,6,8,10-11,13H,3,5,7,9,17H2,1-2H3. The Kier molecular flexibility index (Phi) is 4.23. The van der Waals surface area contributed by atoms with E-state index in [0.29, 0.717) is 17.2 Å². The topological polar surface area (TPSA) is 35.2 Å². The van der Waals surface area contributed by atoms with E-state index in [1.54, 1.807) is 6.07 Å². The number of ether oxygens (including phenoxy) is 1. The fraction of sp³-hybridized carbons (Fsp3) is 0.600. The molecule has 0 radical (unpaired) electrons. The predicted octanol–water partition coefficient (Wildman–Crippen LogP) is 3.49. The molecule has 1 fully saturated rings. The summed E-state index contributed by atoms with van der Waals surface area (Å²) < 4.78 is 19.5. The molecular weight excluding hydrogens is 229 g/mol. The minimum absolute atomic E-state index is 0.222. The molecule has 0 bridgehead atoms. The Morgan fingerprint density at radius 3 is 2.67 bits per heavy atom. The summed E-state index contributed by atoms with van der Waals surface area (Å²) in [7, 11) is 0. The van der Waals surface area contributed by atoms with E-state index in [9.17, 15) is 4.39 Å². The van der Waals surface area contributed by atoms with E-state index in [1.807, 2.05) is 6.07 Å². The van der Waals surface area contributed by atoms with Crippen LogP contribution in [0.25, 0.3) is 0 Å². The fourth-order valence-corrected chi connectivity index (χ4v) is 2.56. The lowest BCUT2D eigenvalue weighted by atomic mass is 9.80. The van der Waals surface area contributed by atoms with Crippen molar-refractivity contribution in [3.8, 4) is 5.75 Å². The summed E-state index contributed by atoms with van der Waals surface area (Å²) in [5, 5.41) is 0. The van der Waals surface area contributed by atoms with Gasteiger partial charge in [-0.15, -0.1) is 0 Å². The van der Waals surface area contributed by atoms with Crippen molar-refractivity contribution in [2.24, 2.45) is 17.6 Å². The summed E-state index contributed by atoms with van der Waals surface area (Å²) >= 11 is 0. The van der Waals surface area contributed by atoms with Gasteiger partial charge in [0.05, 0.1) is 6.10 Å². The van der Waals surface area contributed by atoms with Gasteiger partial charge >= 0.3 is 0 Å². The molecule has 3 atom stereocenters. The highest BCUT2D eigenvalue weighted by Gasteiger charge is 2.25. The first kappa shape index (κ1) is 13.3. The van der Waals surface area contributed by atoms with Crippen LogP contribution in [0.2, 0.25) is 0 Å². The third kappa shape index (κ3) is 3.02. The summed E-state index contributed by atoms with van der Waals surface area (Å²) in [4.78, 5) is 0. The van der Waals surface area contributed by atoms with E-state index in [1.165, 1.54) is 12.5 Å². The van der Waals surface area contributed by atoms with Crippen molar-refractivity contribution in [2.45, 2.75) is 45.8 Å². The van der Waals surface area contributed by atoms with Gasteiger partial charge in [0.1, 0.15) is 11.6 Å². The molecule has 2 rings (SSSR count). The number of hydrogen-bond acceptors (Lipinski definition) is 2.